The van der Waals surface area contributed by atoms with Gasteiger partial charge in [-0.3, -0.25) is 0 Å². The second-order valence-corrected chi connectivity index (χ2v) is 5.61. The molecule has 1 aliphatic carbocycles. The molecule has 0 aromatic rings. The minimum atomic E-state index is 0.377. The molecule has 0 bridgehead atoms. The maximum absolute atomic E-state index is 8.83. The van der Waals surface area contributed by atoms with E-state index >= 15 is 0 Å². The van der Waals surface area contributed by atoms with Crippen molar-refractivity contribution in [2.45, 2.75) is 77.6 Å². The second kappa shape index (κ2) is 9.04. The fraction of sp³-hybridized carbons (Fsp3) is 1.00. The Hall–Kier alpha value is -0.0400. The van der Waals surface area contributed by atoms with E-state index in [9.17, 15) is 0 Å². The van der Waals surface area contributed by atoms with Crippen LogP contribution in [0.25, 0.3) is 0 Å². The summed E-state index contributed by atoms with van der Waals surface area (Å²) in [5.41, 5.74) is 0. The molecule has 1 unspecified atom stereocenters. The molecule has 1 aliphatic rings. The van der Waals surface area contributed by atoms with Gasteiger partial charge in [0.1, 0.15) is 0 Å². The van der Waals surface area contributed by atoms with Crippen molar-refractivity contribution in [1.82, 2.24) is 0 Å². The van der Waals surface area contributed by atoms with Gasteiger partial charge in [-0.05, 0) is 24.7 Å². The first kappa shape index (κ1) is 14.0. The van der Waals surface area contributed by atoms with Crippen LogP contribution >= 0.6 is 0 Å². The molecule has 0 amide bonds. The smallest absolute Gasteiger partial charge is 0.0431 e. The summed E-state index contributed by atoms with van der Waals surface area (Å²) in [5, 5.41) is 8.83. The summed E-state index contributed by atoms with van der Waals surface area (Å²) < 4.78 is 0. The Labute approximate surface area is 102 Å². The zero-order valence-electron chi connectivity index (χ0n) is 11.1. The molecular formula is C15H30O. The molecule has 0 saturated heterocycles. The van der Waals surface area contributed by atoms with Crippen LogP contribution in [0.4, 0.5) is 0 Å². The number of hydrogen-bond donors (Lipinski definition) is 1. The Balaban J connectivity index is 2.19. The third-order valence-corrected chi connectivity index (χ3v) is 4.11. The minimum absolute atomic E-state index is 0.377. The minimum Gasteiger partial charge on any atom is -0.396 e. The van der Waals surface area contributed by atoms with Crippen molar-refractivity contribution in [3.63, 3.8) is 0 Å². The number of hydrogen-bond acceptors (Lipinski definition) is 1. The van der Waals surface area contributed by atoms with Gasteiger partial charge in [-0.25, -0.2) is 0 Å². The average Bonchev–Trinajstić information content (AvgIpc) is 2.31. The van der Waals surface area contributed by atoms with E-state index in [0.717, 1.165) is 18.3 Å². The van der Waals surface area contributed by atoms with Crippen LogP contribution in [0.3, 0.4) is 0 Å². The molecule has 0 radical (unpaired) electrons. The van der Waals surface area contributed by atoms with Crippen LogP contribution in [0.2, 0.25) is 0 Å². The first-order chi connectivity index (χ1) is 7.86. The molecule has 0 aromatic carbocycles. The van der Waals surface area contributed by atoms with Crippen LogP contribution < -0.4 is 0 Å². The van der Waals surface area contributed by atoms with Gasteiger partial charge >= 0.3 is 0 Å². The largest absolute Gasteiger partial charge is 0.396 e. The molecule has 0 aromatic heterocycles. The molecule has 0 spiro atoms. The van der Waals surface area contributed by atoms with E-state index in [4.69, 9.17) is 5.11 Å². The lowest BCUT2D eigenvalue weighted by atomic mass is 9.80. The van der Waals surface area contributed by atoms with Crippen LogP contribution in [0.5, 0.6) is 0 Å². The maximum atomic E-state index is 8.83. The molecule has 16 heavy (non-hydrogen) atoms. The Morgan fingerprint density at radius 2 is 1.81 bits per heavy atom. The Kier molecular flexibility index (Phi) is 7.92. The maximum Gasteiger partial charge on any atom is 0.0431 e. The van der Waals surface area contributed by atoms with Crippen LogP contribution in [-0.4, -0.2) is 11.7 Å². The first-order valence-corrected chi connectivity index (χ1v) is 7.47. The van der Waals surface area contributed by atoms with Crippen LogP contribution in [0, 0.1) is 11.8 Å². The third-order valence-electron chi connectivity index (χ3n) is 4.11. The quantitative estimate of drug-likeness (QED) is 0.603. The van der Waals surface area contributed by atoms with Crippen molar-refractivity contribution in [3.8, 4) is 0 Å². The van der Waals surface area contributed by atoms with Gasteiger partial charge in [0.05, 0.1) is 0 Å². The third kappa shape index (κ3) is 5.89. The molecular weight excluding hydrogens is 196 g/mol. The molecule has 1 N–H and O–H groups in total. The lowest BCUT2D eigenvalue weighted by molar-refractivity contribution is 0.249. The van der Waals surface area contributed by atoms with Gasteiger partial charge in [0.15, 0.2) is 0 Å². The highest BCUT2D eigenvalue weighted by Crippen LogP contribution is 2.32. The van der Waals surface area contributed by atoms with E-state index in [0.29, 0.717) is 6.61 Å². The summed E-state index contributed by atoms with van der Waals surface area (Å²) in [7, 11) is 0. The van der Waals surface area contributed by atoms with E-state index in [1.165, 1.54) is 64.2 Å². The number of rotatable bonds is 8. The standard InChI is InChI=1S/C15H30O/c1-2-8-14(11-6-7-12-16)13-15-9-4-3-5-10-15/h14-16H,2-13H2,1H3. The van der Waals surface area contributed by atoms with Gasteiger partial charge in [0.2, 0.25) is 0 Å². The van der Waals surface area contributed by atoms with Crippen molar-refractivity contribution in [1.29, 1.82) is 0 Å². The number of aliphatic hydroxyl groups is 1. The zero-order chi connectivity index (χ0) is 11.6. The highest BCUT2D eigenvalue weighted by molar-refractivity contribution is 4.70. The molecule has 1 nitrogen and oxygen atoms in total. The van der Waals surface area contributed by atoms with Gasteiger partial charge in [0.25, 0.3) is 0 Å². The molecule has 1 saturated carbocycles. The summed E-state index contributed by atoms with van der Waals surface area (Å²) in [4.78, 5) is 0. The molecule has 96 valence electrons. The van der Waals surface area contributed by atoms with E-state index in [1.807, 2.05) is 0 Å². The van der Waals surface area contributed by atoms with Crippen molar-refractivity contribution in [2.75, 3.05) is 6.61 Å². The van der Waals surface area contributed by atoms with Crippen molar-refractivity contribution < 1.29 is 5.11 Å². The normalized spacial score (nSPS) is 19.9. The Morgan fingerprint density at radius 3 is 2.44 bits per heavy atom. The highest BCUT2D eigenvalue weighted by Gasteiger charge is 2.18. The topological polar surface area (TPSA) is 20.2 Å². The SMILES string of the molecule is CCCC(CCCCO)CC1CCCCC1. The van der Waals surface area contributed by atoms with E-state index in [-0.39, 0.29) is 0 Å². The van der Waals surface area contributed by atoms with Crippen LogP contribution in [0.1, 0.15) is 77.6 Å². The van der Waals surface area contributed by atoms with Crippen LogP contribution in [0.15, 0.2) is 0 Å². The van der Waals surface area contributed by atoms with Crippen molar-refractivity contribution in [2.24, 2.45) is 11.8 Å². The molecule has 0 heterocycles. The van der Waals surface area contributed by atoms with Gasteiger partial charge in [0, 0.05) is 6.61 Å². The fourth-order valence-corrected chi connectivity index (χ4v) is 3.23. The Bertz CT molecular complexity index is 150. The van der Waals surface area contributed by atoms with E-state index in [1.54, 1.807) is 0 Å². The highest BCUT2D eigenvalue weighted by atomic mass is 16.2. The number of unbranched alkanes of at least 4 members (excludes halogenated alkanes) is 1. The van der Waals surface area contributed by atoms with Crippen molar-refractivity contribution in [3.05, 3.63) is 0 Å². The monoisotopic (exact) mass is 226 g/mol. The molecule has 1 heteroatoms. The molecule has 1 fully saturated rings. The summed E-state index contributed by atoms with van der Waals surface area (Å²) in [6.45, 7) is 2.68. The van der Waals surface area contributed by atoms with Crippen molar-refractivity contribution >= 4 is 0 Å². The van der Waals surface area contributed by atoms with Gasteiger partial charge in [-0.2, -0.15) is 0 Å². The Morgan fingerprint density at radius 1 is 1.06 bits per heavy atom. The lowest BCUT2D eigenvalue weighted by Crippen LogP contribution is -2.12. The molecule has 0 aliphatic heterocycles. The first-order valence-electron chi connectivity index (χ1n) is 7.47. The summed E-state index contributed by atoms with van der Waals surface area (Å²) in [6.07, 6.45) is 15.2. The molecule has 1 atom stereocenters. The van der Waals surface area contributed by atoms with Gasteiger partial charge in [-0.15, -0.1) is 0 Å². The predicted octanol–water partition coefficient (Wildman–Crippen LogP) is 4.54. The van der Waals surface area contributed by atoms with E-state index < -0.39 is 0 Å². The summed E-state index contributed by atoms with van der Waals surface area (Å²) >= 11 is 0. The summed E-state index contributed by atoms with van der Waals surface area (Å²) in [5.74, 6) is 1.97. The average molecular weight is 226 g/mol. The lowest BCUT2D eigenvalue weighted by Gasteiger charge is -2.26. The molecule has 1 rings (SSSR count). The van der Waals surface area contributed by atoms with Gasteiger partial charge < -0.3 is 5.11 Å². The second-order valence-electron chi connectivity index (χ2n) is 5.61. The van der Waals surface area contributed by atoms with E-state index in [2.05, 4.69) is 6.92 Å². The summed E-state index contributed by atoms with van der Waals surface area (Å²) in [6, 6.07) is 0. The fourth-order valence-electron chi connectivity index (χ4n) is 3.23. The van der Waals surface area contributed by atoms with Crippen LogP contribution in [-0.2, 0) is 0 Å². The number of aliphatic hydroxyl groups excluding tert-OH is 1. The zero-order valence-corrected chi connectivity index (χ0v) is 11.1. The van der Waals surface area contributed by atoms with Gasteiger partial charge in [-0.1, -0.05) is 64.7 Å². The predicted molar refractivity (Wildman–Crippen MR) is 70.5 cm³/mol.